The number of nitrogens with zero attached hydrogens (tertiary/aromatic N) is 1. The van der Waals surface area contributed by atoms with Crippen LogP contribution in [-0.4, -0.2) is 23.9 Å². The van der Waals surface area contributed by atoms with Crippen LogP contribution in [0.15, 0.2) is 18.2 Å². The van der Waals surface area contributed by atoms with Crippen molar-refractivity contribution < 1.29 is 9.18 Å². The molecule has 3 nitrogen and oxygen atoms in total. The molecule has 0 heterocycles. The average Bonchev–Trinajstić information content (AvgIpc) is 2.28. The molecule has 2 N–H and O–H groups in total. The van der Waals surface area contributed by atoms with Gasteiger partial charge >= 0.3 is 0 Å². The molecule has 0 saturated heterocycles. The standard InChI is InChI=1S/C12H13FN2O/c1-3-7-15(4-2)12(16)9-5-6-11(14)10(13)8-9/h1,5-6,8H,4,7,14H2,2H3. The summed E-state index contributed by atoms with van der Waals surface area (Å²) < 4.78 is 13.2. The van der Waals surface area contributed by atoms with Gasteiger partial charge in [-0.15, -0.1) is 6.42 Å². The Labute approximate surface area is 94.0 Å². The minimum atomic E-state index is -0.595. The number of hydrogen-bond donors (Lipinski definition) is 1. The van der Waals surface area contributed by atoms with Crippen LogP contribution in [0, 0.1) is 18.2 Å². The lowest BCUT2D eigenvalue weighted by molar-refractivity contribution is 0.0784. The summed E-state index contributed by atoms with van der Waals surface area (Å²) in [6.07, 6.45) is 5.14. The molecule has 0 aliphatic rings. The monoisotopic (exact) mass is 220 g/mol. The lowest BCUT2D eigenvalue weighted by Gasteiger charge is -2.18. The third-order valence-electron chi connectivity index (χ3n) is 2.20. The Morgan fingerprint density at radius 1 is 1.62 bits per heavy atom. The van der Waals surface area contributed by atoms with Gasteiger partial charge in [0.1, 0.15) is 5.82 Å². The van der Waals surface area contributed by atoms with Gasteiger partial charge < -0.3 is 10.6 Å². The van der Waals surface area contributed by atoms with E-state index in [4.69, 9.17) is 12.2 Å². The number of rotatable bonds is 3. The number of hydrogen-bond acceptors (Lipinski definition) is 2. The van der Waals surface area contributed by atoms with Crippen molar-refractivity contribution in [2.45, 2.75) is 6.92 Å². The van der Waals surface area contributed by atoms with Gasteiger partial charge in [0, 0.05) is 12.1 Å². The maximum absolute atomic E-state index is 13.2. The van der Waals surface area contributed by atoms with Gasteiger partial charge in [-0.2, -0.15) is 0 Å². The van der Waals surface area contributed by atoms with Crippen molar-refractivity contribution in [1.82, 2.24) is 4.90 Å². The van der Waals surface area contributed by atoms with Crippen molar-refractivity contribution in [2.24, 2.45) is 0 Å². The summed E-state index contributed by atoms with van der Waals surface area (Å²) in [6.45, 7) is 2.50. The van der Waals surface area contributed by atoms with Crippen LogP contribution >= 0.6 is 0 Å². The van der Waals surface area contributed by atoms with Crippen LogP contribution in [-0.2, 0) is 0 Å². The minimum absolute atomic E-state index is 0.0246. The second-order valence-electron chi connectivity index (χ2n) is 3.26. The van der Waals surface area contributed by atoms with Gasteiger partial charge in [-0.3, -0.25) is 4.79 Å². The van der Waals surface area contributed by atoms with E-state index in [1.807, 2.05) is 6.92 Å². The van der Waals surface area contributed by atoms with Gasteiger partial charge in [-0.1, -0.05) is 5.92 Å². The highest BCUT2D eigenvalue weighted by Gasteiger charge is 2.14. The summed E-state index contributed by atoms with van der Waals surface area (Å²) in [5, 5.41) is 0. The Balaban J connectivity index is 2.95. The van der Waals surface area contributed by atoms with Crippen LogP contribution in [0.4, 0.5) is 10.1 Å². The maximum atomic E-state index is 13.2. The fourth-order valence-electron chi connectivity index (χ4n) is 1.28. The Bertz CT molecular complexity index is 437. The van der Waals surface area contributed by atoms with Gasteiger partial charge in [0.15, 0.2) is 0 Å². The first-order valence-electron chi connectivity index (χ1n) is 4.88. The highest BCUT2D eigenvalue weighted by Crippen LogP contribution is 2.13. The SMILES string of the molecule is C#CCN(CC)C(=O)c1ccc(N)c(F)c1. The normalized spacial score (nSPS) is 9.56. The Morgan fingerprint density at radius 3 is 2.81 bits per heavy atom. The van der Waals surface area contributed by atoms with Gasteiger partial charge in [0.2, 0.25) is 0 Å². The van der Waals surface area contributed by atoms with E-state index in [-0.39, 0.29) is 23.7 Å². The van der Waals surface area contributed by atoms with E-state index in [2.05, 4.69) is 5.92 Å². The van der Waals surface area contributed by atoms with Crippen molar-refractivity contribution in [3.63, 3.8) is 0 Å². The predicted octanol–water partition coefficient (Wildman–Crippen LogP) is 1.50. The third-order valence-corrected chi connectivity index (χ3v) is 2.20. The van der Waals surface area contributed by atoms with Crippen LogP contribution in [0.25, 0.3) is 0 Å². The fourth-order valence-corrected chi connectivity index (χ4v) is 1.28. The summed E-state index contributed by atoms with van der Waals surface area (Å²) in [4.78, 5) is 13.3. The van der Waals surface area contributed by atoms with Crippen LogP contribution in [0.1, 0.15) is 17.3 Å². The second kappa shape index (κ2) is 5.17. The summed E-state index contributed by atoms with van der Waals surface area (Å²) in [6, 6.07) is 3.98. The molecule has 1 rings (SSSR count). The number of carbonyl (C=O) groups excluding carboxylic acids is 1. The zero-order valence-corrected chi connectivity index (χ0v) is 9.03. The molecule has 84 valence electrons. The number of nitrogen functional groups attached to an aromatic ring is 1. The quantitative estimate of drug-likeness (QED) is 0.620. The Hall–Kier alpha value is -2.02. The summed E-state index contributed by atoms with van der Waals surface area (Å²) >= 11 is 0. The van der Waals surface area contributed by atoms with Crippen LogP contribution in [0.2, 0.25) is 0 Å². The number of nitrogens with two attached hydrogens (primary N) is 1. The molecule has 0 saturated carbocycles. The van der Waals surface area contributed by atoms with E-state index in [0.29, 0.717) is 6.54 Å². The number of benzene rings is 1. The van der Waals surface area contributed by atoms with E-state index in [1.165, 1.54) is 17.0 Å². The molecule has 0 radical (unpaired) electrons. The molecule has 1 amide bonds. The van der Waals surface area contributed by atoms with Crippen molar-refractivity contribution in [1.29, 1.82) is 0 Å². The highest BCUT2D eigenvalue weighted by molar-refractivity contribution is 5.94. The number of anilines is 1. The van der Waals surface area contributed by atoms with E-state index < -0.39 is 5.82 Å². The first-order chi connectivity index (χ1) is 7.60. The molecule has 0 fully saturated rings. The lowest BCUT2D eigenvalue weighted by atomic mass is 10.1. The van der Waals surface area contributed by atoms with E-state index in [1.54, 1.807) is 0 Å². The van der Waals surface area contributed by atoms with E-state index >= 15 is 0 Å². The summed E-state index contributed by atoms with van der Waals surface area (Å²) in [5.41, 5.74) is 5.60. The number of carbonyl (C=O) groups is 1. The molecule has 0 aliphatic carbocycles. The van der Waals surface area contributed by atoms with Crippen molar-refractivity contribution in [2.75, 3.05) is 18.8 Å². The van der Waals surface area contributed by atoms with Crippen LogP contribution in [0.3, 0.4) is 0 Å². The molecule has 0 aliphatic heterocycles. The summed E-state index contributed by atoms with van der Waals surface area (Å²) in [5.74, 6) is 1.49. The molecule has 4 heteroatoms. The Kier molecular flexibility index (Phi) is 3.90. The molecular weight excluding hydrogens is 207 g/mol. The molecule has 1 aromatic rings. The molecule has 0 spiro atoms. The molecule has 1 aromatic carbocycles. The van der Waals surface area contributed by atoms with Crippen molar-refractivity contribution in [3.05, 3.63) is 29.6 Å². The molecule has 0 aromatic heterocycles. The number of halogens is 1. The number of amides is 1. The summed E-state index contributed by atoms with van der Waals surface area (Å²) in [7, 11) is 0. The first kappa shape index (κ1) is 12.1. The van der Waals surface area contributed by atoms with Crippen molar-refractivity contribution in [3.8, 4) is 12.3 Å². The first-order valence-corrected chi connectivity index (χ1v) is 4.88. The molecule has 0 unspecified atom stereocenters. The third kappa shape index (κ3) is 2.51. The Morgan fingerprint density at radius 2 is 2.31 bits per heavy atom. The second-order valence-corrected chi connectivity index (χ2v) is 3.26. The van der Waals surface area contributed by atoms with Crippen LogP contribution in [0.5, 0.6) is 0 Å². The van der Waals surface area contributed by atoms with Crippen LogP contribution < -0.4 is 5.73 Å². The lowest BCUT2D eigenvalue weighted by Crippen LogP contribution is -2.31. The predicted molar refractivity (Wildman–Crippen MR) is 61.2 cm³/mol. The fraction of sp³-hybridized carbons (Fsp3) is 0.250. The zero-order chi connectivity index (χ0) is 12.1. The molecule has 16 heavy (non-hydrogen) atoms. The molecule has 0 bridgehead atoms. The average molecular weight is 220 g/mol. The van der Waals surface area contributed by atoms with Gasteiger partial charge in [-0.05, 0) is 25.1 Å². The van der Waals surface area contributed by atoms with E-state index in [9.17, 15) is 9.18 Å². The van der Waals surface area contributed by atoms with Gasteiger partial charge in [0.25, 0.3) is 5.91 Å². The highest BCUT2D eigenvalue weighted by atomic mass is 19.1. The minimum Gasteiger partial charge on any atom is -0.396 e. The van der Waals surface area contributed by atoms with Gasteiger partial charge in [-0.25, -0.2) is 4.39 Å². The maximum Gasteiger partial charge on any atom is 0.254 e. The zero-order valence-electron chi connectivity index (χ0n) is 9.03. The van der Waals surface area contributed by atoms with Gasteiger partial charge in [0.05, 0.1) is 12.2 Å². The number of terminal acetylenes is 1. The molecular formula is C12H13FN2O. The van der Waals surface area contributed by atoms with E-state index in [0.717, 1.165) is 6.07 Å². The topological polar surface area (TPSA) is 46.3 Å². The molecule has 0 atom stereocenters. The van der Waals surface area contributed by atoms with Crippen molar-refractivity contribution >= 4 is 11.6 Å². The smallest absolute Gasteiger partial charge is 0.254 e. The largest absolute Gasteiger partial charge is 0.396 e.